The summed E-state index contributed by atoms with van der Waals surface area (Å²) in [5.74, 6) is 1.58. The van der Waals surface area contributed by atoms with Crippen LogP contribution in [0.5, 0.6) is 0 Å². The summed E-state index contributed by atoms with van der Waals surface area (Å²) in [6.07, 6.45) is 5.89. The quantitative estimate of drug-likeness (QED) is 0.676. The highest BCUT2D eigenvalue weighted by Gasteiger charge is 2.19. The number of rotatable bonds is 5. The lowest BCUT2D eigenvalue weighted by Crippen LogP contribution is -2.37. The molecule has 7 heteroatoms. The first-order valence-electron chi connectivity index (χ1n) is 9.69. The maximum Gasteiger partial charge on any atom is 0.230 e. The van der Waals surface area contributed by atoms with E-state index in [0.717, 1.165) is 40.4 Å². The van der Waals surface area contributed by atoms with Gasteiger partial charge >= 0.3 is 0 Å². The van der Waals surface area contributed by atoms with E-state index in [4.69, 9.17) is 4.98 Å². The van der Waals surface area contributed by atoms with Gasteiger partial charge in [-0.1, -0.05) is 57.0 Å². The van der Waals surface area contributed by atoms with Gasteiger partial charge in [-0.25, -0.2) is 4.98 Å². The standard InChI is InChI=1S/C20H25N5OS/c1-13(2)18-23-24-19-20(22-15-10-6-7-11-16(15)25(18)19)27-12-17(26)21-14-8-4-3-5-9-14/h6-7,10-11,13-14H,3-5,8-9,12H2,1-2H3,(H,21,26). The van der Waals surface area contributed by atoms with Gasteiger partial charge in [-0.3, -0.25) is 9.20 Å². The molecule has 1 saturated carbocycles. The van der Waals surface area contributed by atoms with E-state index in [2.05, 4.69) is 33.8 Å². The van der Waals surface area contributed by atoms with Gasteiger partial charge in [0, 0.05) is 12.0 Å². The van der Waals surface area contributed by atoms with E-state index in [0.29, 0.717) is 11.8 Å². The van der Waals surface area contributed by atoms with Gasteiger partial charge in [0.1, 0.15) is 10.9 Å². The number of para-hydroxylation sites is 2. The summed E-state index contributed by atoms with van der Waals surface area (Å²) < 4.78 is 2.08. The van der Waals surface area contributed by atoms with Crippen LogP contribution in [0.4, 0.5) is 0 Å². The highest BCUT2D eigenvalue weighted by Crippen LogP contribution is 2.27. The Balaban J connectivity index is 1.60. The third-order valence-electron chi connectivity index (χ3n) is 5.05. The van der Waals surface area contributed by atoms with Crippen LogP contribution in [-0.2, 0) is 4.79 Å². The minimum Gasteiger partial charge on any atom is -0.353 e. The van der Waals surface area contributed by atoms with Crippen molar-refractivity contribution in [2.24, 2.45) is 0 Å². The van der Waals surface area contributed by atoms with Gasteiger partial charge in [0.15, 0.2) is 5.65 Å². The van der Waals surface area contributed by atoms with E-state index < -0.39 is 0 Å². The lowest BCUT2D eigenvalue weighted by molar-refractivity contribution is -0.119. The number of amides is 1. The fourth-order valence-corrected chi connectivity index (χ4v) is 4.48. The predicted molar refractivity (Wildman–Crippen MR) is 108 cm³/mol. The smallest absolute Gasteiger partial charge is 0.230 e. The summed E-state index contributed by atoms with van der Waals surface area (Å²) in [6.45, 7) is 4.21. The number of thioether (sulfide) groups is 1. The summed E-state index contributed by atoms with van der Waals surface area (Å²) in [7, 11) is 0. The number of benzene rings is 1. The molecule has 27 heavy (non-hydrogen) atoms. The molecule has 0 radical (unpaired) electrons. The molecule has 6 nitrogen and oxygen atoms in total. The number of carbonyl (C=O) groups excluding carboxylic acids is 1. The molecule has 3 aromatic rings. The van der Waals surface area contributed by atoms with Crippen LogP contribution >= 0.6 is 11.8 Å². The summed E-state index contributed by atoms with van der Waals surface area (Å²) in [5.41, 5.74) is 2.62. The van der Waals surface area contributed by atoms with E-state index >= 15 is 0 Å². The first-order chi connectivity index (χ1) is 13.1. The van der Waals surface area contributed by atoms with Crippen LogP contribution in [0.3, 0.4) is 0 Å². The van der Waals surface area contributed by atoms with Crippen molar-refractivity contribution in [1.82, 2.24) is 24.9 Å². The number of nitrogens with one attached hydrogen (secondary N) is 1. The molecule has 0 unspecified atom stereocenters. The van der Waals surface area contributed by atoms with E-state index in [1.807, 2.05) is 24.3 Å². The van der Waals surface area contributed by atoms with Crippen LogP contribution < -0.4 is 5.32 Å². The lowest BCUT2D eigenvalue weighted by Gasteiger charge is -2.22. The van der Waals surface area contributed by atoms with Gasteiger partial charge in [-0.15, -0.1) is 10.2 Å². The molecule has 142 valence electrons. The second-order valence-electron chi connectivity index (χ2n) is 7.47. The average molecular weight is 384 g/mol. The van der Waals surface area contributed by atoms with Crippen molar-refractivity contribution < 1.29 is 4.79 Å². The molecule has 1 fully saturated rings. The fraction of sp³-hybridized carbons (Fsp3) is 0.500. The van der Waals surface area contributed by atoms with Gasteiger partial charge in [0.2, 0.25) is 5.91 Å². The average Bonchev–Trinajstić information content (AvgIpc) is 3.13. The molecule has 2 aromatic heterocycles. The van der Waals surface area contributed by atoms with E-state index in [1.54, 1.807) is 0 Å². The van der Waals surface area contributed by atoms with Crippen molar-refractivity contribution in [1.29, 1.82) is 0 Å². The van der Waals surface area contributed by atoms with Crippen molar-refractivity contribution in [3.05, 3.63) is 30.1 Å². The Labute approximate surface area is 163 Å². The Morgan fingerprint density at radius 2 is 2.00 bits per heavy atom. The number of fused-ring (bicyclic) bond motifs is 3. The number of hydrogen-bond donors (Lipinski definition) is 1. The third-order valence-corrected chi connectivity index (χ3v) is 6.00. The molecule has 1 aromatic carbocycles. The van der Waals surface area contributed by atoms with Gasteiger partial charge in [-0.2, -0.15) is 0 Å². The number of carbonyl (C=O) groups is 1. The molecule has 1 aliphatic carbocycles. The Morgan fingerprint density at radius 1 is 1.22 bits per heavy atom. The van der Waals surface area contributed by atoms with Crippen molar-refractivity contribution in [2.45, 2.75) is 62.9 Å². The van der Waals surface area contributed by atoms with Gasteiger partial charge < -0.3 is 5.32 Å². The van der Waals surface area contributed by atoms with Crippen LogP contribution in [-0.4, -0.2) is 37.3 Å². The SMILES string of the molecule is CC(C)c1nnc2c(SCC(=O)NC3CCCCC3)nc3ccccc3n12. The number of hydrogen-bond acceptors (Lipinski definition) is 5. The van der Waals surface area contributed by atoms with Crippen LogP contribution in [0.15, 0.2) is 29.3 Å². The van der Waals surface area contributed by atoms with Crippen molar-refractivity contribution in [2.75, 3.05) is 5.75 Å². The van der Waals surface area contributed by atoms with Crippen molar-refractivity contribution in [3.63, 3.8) is 0 Å². The first-order valence-corrected chi connectivity index (χ1v) is 10.7. The van der Waals surface area contributed by atoms with Crippen molar-refractivity contribution >= 4 is 34.3 Å². The van der Waals surface area contributed by atoms with Crippen LogP contribution in [0.2, 0.25) is 0 Å². The minimum atomic E-state index is 0.0728. The maximum atomic E-state index is 12.4. The lowest BCUT2D eigenvalue weighted by atomic mass is 9.95. The second-order valence-corrected chi connectivity index (χ2v) is 8.43. The molecule has 1 amide bonds. The van der Waals surface area contributed by atoms with Gasteiger partial charge in [0.05, 0.1) is 16.8 Å². The highest BCUT2D eigenvalue weighted by molar-refractivity contribution is 8.00. The highest BCUT2D eigenvalue weighted by atomic mass is 32.2. The molecule has 0 atom stereocenters. The van der Waals surface area contributed by atoms with Gasteiger partial charge in [-0.05, 0) is 25.0 Å². The Morgan fingerprint density at radius 3 is 2.78 bits per heavy atom. The molecular weight excluding hydrogens is 358 g/mol. The normalized spacial score (nSPS) is 15.7. The van der Waals surface area contributed by atoms with Crippen LogP contribution in [0.25, 0.3) is 16.7 Å². The molecule has 0 bridgehead atoms. The summed E-state index contributed by atoms with van der Waals surface area (Å²) in [6, 6.07) is 8.33. The summed E-state index contributed by atoms with van der Waals surface area (Å²) >= 11 is 1.44. The molecule has 0 spiro atoms. The minimum absolute atomic E-state index is 0.0728. The zero-order valence-electron chi connectivity index (χ0n) is 15.8. The van der Waals surface area contributed by atoms with E-state index in [-0.39, 0.29) is 11.8 Å². The molecule has 1 aliphatic rings. The largest absolute Gasteiger partial charge is 0.353 e. The van der Waals surface area contributed by atoms with Crippen LogP contribution in [0, 0.1) is 0 Å². The Bertz CT molecular complexity index is 962. The maximum absolute atomic E-state index is 12.4. The number of nitrogens with zero attached hydrogens (tertiary/aromatic N) is 4. The Hall–Kier alpha value is -2.15. The molecule has 1 N–H and O–H groups in total. The third kappa shape index (κ3) is 3.78. The predicted octanol–water partition coefficient (Wildman–Crippen LogP) is 3.94. The van der Waals surface area contributed by atoms with Gasteiger partial charge in [0.25, 0.3) is 0 Å². The number of aromatic nitrogens is 4. The first kappa shape index (κ1) is 18.2. The zero-order valence-corrected chi connectivity index (χ0v) is 16.6. The molecule has 0 aliphatic heterocycles. The fourth-order valence-electron chi connectivity index (χ4n) is 3.70. The topological polar surface area (TPSA) is 72.2 Å². The molecule has 2 heterocycles. The van der Waals surface area contributed by atoms with E-state index in [1.165, 1.54) is 31.0 Å². The monoisotopic (exact) mass is 383 g/mol. The van der Waals surface area contributed by atoms with E-state index in [9.17, 15) is 4.79 Å². The molecular formula is C20H25N5OS. The summed E-state index contributed by atoms with van der Waals surface area (Å²) in [4.78, 5) is 17.1. The zero-order chi connectivity index (χ0) is 18.8. The molecule has 4 rings (SSSR count). The van der Waals surface area contributed by atoms with Crippen LogP contribution in [0.1, 0.15) is 57.7 Å². The second kappa shape index (κ2) is 7.84. The Kier molecular flexibility index (Phi) is 5.29. The molecule has 0 saturated heterocycles. The van der Waals surface area contributed by atoms with Crippen molar-refractivity contribution in [3.8, 4) is 0 Å². The summed E-state index contributed by atoms with van der Waals surface area (Å²) in [5, 5.41) is 12.7.